The quantitative estimate of drug-likeness (QED) is 0.639. The monoisotopic (exact) mass is 316 g/mol. The van der Waals surface area contributed by atoms with Gasteiger partial charge in [-0.25, -0.2) is 0 Å². The van der Waals surface area contributed by atoms with Crippen LogP contribution in [0.15, 0.2) is 22.7 Å². The third-order valence-electron chi connectivity index (χ3n) is 2.00. The van der Waals surface area contributed by atoms with E-state index in [4.69, 9.17) is 5.11 Å². The molecule has 1 aromatic rings. The molecule has 0 aromatic heterocycles. The van der Waals surface area contributed by atoms with Crippen LogP contribution in [0.4, 0.5) is 11.4 Å². The Morgan fingerprint density at radius 1 is 1.39 bits per heavy atom. The summed E-state index contributed by atoms with van der Waals surface area (Å²) in [4.78, 5) is 31.8. The van der Waals surface area contributed by atoms with Gasteiger partial charge in [-0.05, 0) is 12.1 Å². The number of halogens is 1. The number of nitrogens with one attached hydrogen (secondary N) is 1. The molecule has 96 valence electrons. The van der Waals surface area contributed by atoms with Crippen LogP contribution in [0, 0.1) is 10.1 Å². The largest absolute Gasteiger partial charge is 0.481 e. The van der Waals surface area contributed by atoms with Gasteiger partial charge in [0.05, 0.1) is 11.3 Å². The normalized spacial score (nSPS) is 9.83. The summed E-state index contributed by atoms with van der Waals surface area (Å²) in [6.07, 6.45) is -0.557. The average Bonchev–Trinajstić information content (AvgIpc) is 2.28. The van der Waals surface area contributed by atoms with Crippen molar-refractivity contribution in [3.63, 3.8) is 0 Å². The second kappa shape index (κ2) is 6.10. The van der Waals surface area contributed by atoms with Crippen LogP contribution in [0.5, 0.6) is 0 Å². The molecule has 0 saturated carbocycles. The third kappa shape index (κ3) is 4.13. The van der Waals surface area contributed by atoms with E-state index < -0.39 is 16.8 Å². The fourth-order valence-electron chi connectivity index (χ4n) is 1.19. The molecule has 0 spiro atoms. The summed E-state index contributed by atoms with van der Waals surface area (Å²) < 4.78 is 0.512. The maximum Gasteiger partial charge on any atom is 0.303 e. The van der Waals surface area contributed by atoms with Gasteiger partial charge in [0.15, 0.2) is 0 Å². The molecule has 0 saturated heterocycles. The molecule has 18 heavy (non-hydrogen) atoms. The fourth-order valence-corrected chi connectivity index (χ4v) is 1.54. The summed E-state index contributed by atoms with van der Waals surface area (Å²) in [7, 11) is 0. The van der Waals surface area contributed by atoms with Crippen molar-refractivity contribution in [3.8, 4) is 0 Å². The van der Waals surface area contributed by atoms with Crippen molar-refractivity contribution in [3.05, 3.63) is 32.8 Å². The Bertz CT molecular complexity index is 503. The number of carboxylic acid groups (broad SMARTS) is 1. The summed E-state index contributed by atoms with van der Waals surface area (Å²) in [5, 5.41) is 21.5. The van der Waals surface area contributed by atoms with E-state index in [0.29, 0.717) is 4.47 Å². The van der Waals surface area contributed by atoms with Gasteiger partial charge in [0.1, 0.15) is 5.69 Å². The van der Waals surface area contributed by atoms with E-state index in [-0.39, 0.29) is 24.2 Å². The lowest BCUT2D eigenvalue weighted by Gasteiger charge is -2.05. The molecule has 8 heteroatoms. The maximum atomic E-state index is 11.4. The zero-order chi connectivity index (χ0) is 13.7. The first-order chi connectivity index (χ1) is 8.40. The number of carboxylic acids is 1. The Kier molecular flexibility index (Phi) is 4.78. The molecule has 1 rings (SSSR count). The van der Waals surface area contributed by atoms with Crippen LogP contribution in [-0.2, 0) is 9.59 Å². The van der Waals surface area contributed by atoms with Crippen molar-refractivity contribution < 1.29 is 19.6 Å². The summed E-state index contributed by atoms with van der Waals surface area (Å²) in [5.41, 5.74) is -0.216. The van der Waals surface area contributed by atoms with Gasteiger partial charge in [0, 0.05) is 17.0 Å². The van der Waals surface area contributed by atoms with E-state index >= 15 is 0 Å². The third-order valence-corrected chi connectivity index (χ3v) is 2.49. The smallest absolute Gasteiger partial charge is 0.303 e. The molecule has 0 heterocycles. The van der Waals surface area contributed by atoms with Crippen molar-refractivity contribution in [1.82, 2.24) is 0 Å². The summed E-state index contributed by atoms with van der Waals surface area (Å²) >= 11 is 3.09. The number of nitro benzene ring substituents is 1. The molecule has 1 aromatic carbocycles. The molecule has 7 nitrogen and oxygen atoms in total. The number of nitro groups is 1. The van der Waals surface area contributed by atoms with Crippen molar-refractivity contribution in [2.45, 2.75) is 12.8 Å². The van der Waals surface area contributed by atoms with Crippen molar-refractivity contribution >= 4 is 39.2 Å². The molecule has 0 aliphatic heterocycles. The molecule has 0 radical (unpaired) electrons. The van der Waals surface area contributed by atoms with Gasteiger partial charge in [0.25, 0.3) is 5.69 Å². The van der Waals surface area contributed by atoms with Crippen LogP contribution in [0.2, 0.25) is 0 Å². The highest BCUT2D eigenvalue weighted by Gasteiger charge is 2.16. The highest BCUT2D eigenvalue weighted by Crippen LogP contribution is 2.28. The van der Waals surface area contributed by atoms with Crippen LogP contribution in [0.1, 0.15) is 12.8 Å². The second-order valence-corrected chi connectivity index (χ2v) is 4.28. The van der Waals surface area contributed by atoms with Gasteiger partial charge < -0.3 is 10.4 Å². The molecule has 0 unspecified atom stereocenters. The van der Waals surface area contributed by atoms with Gasteiger partial charge in [-0.2, -0.15) is 0 Å². The second-order valence-electron chi connectivity index (χ2n) is 3.36. The van der Waals surface area contributed by atoms with E-state index in [9.17, 15) is 19.7 Å². The summed E-state index contributed by atoms with van der Waals surface area (Å²) in [6.45, 7) is 0. The minimum atomic E-state index is -1.10. The lowest BCUT2D eigenvalue weighted by molar-refractivity contribution is -0.384. The first kappa shape index (κ1) is 14.1. The number of carbonyl (C=O) groups is 2. The zero-order valence-electron chi connectivity index (χ0n) is 9.05. The Morgan fingerprint density at radius 2 is 2.06 bits per heavy atom. The number of rotatable bonds is 5. The average molecular weight is 317 g/mol. The van der Waals surface area contributed by atoms with Crippen LogP contribution in [-0.4, -0.2) is 21.9 Å². The molecule has 0 atom stereocenters. The molecule has 0 bridgehead atoms. The number of nitrogens with zero attached hydrogens (tertiary/aromatic N) is 1. The van der Waals surface area contributed by atoms with Gasteiger partial charge in [-0.1, -0.05) is 15.9 Å². The SMILES string of the molecule is O=C(O)CCC(=O)Nc1ccc(Br)cc1[N+](=O)[O-]. The van der Waals surface area contributed by atoms with E-state index in [1.165, 1.54) is 12.1 Å². The van der Waals surface area contributed by atoms with E-state index in [0.717, 1.165) is 0 Å². The summed E-state index contributed by atoms with van der Waals surface area (Å²) in [5.74, 6) is -1.68. The Balaban J connectivity index is 2.81. The molecular weight excluding hydrogens is 308 g/mol. The van der Waals surface area contributed by atoms with E-state index in [1.807, 2.05) is 0 Å². The Hall–Kier alpha value is -1.96. The van der Waals surface area contributed by atoms with Crippen LogP contribution >= 0.6 is 15.9 Å². The van der Waals surface area contributed by atoms with Crippen molar-refractivity contribution in [2.75, 3.05) is 5.32 Å². The van der Waals surface area contributed by atoms with Crippen LogP contribution < -0.4 is 5.32 Å². The maximum absolute atomic E-state index is 11.4. The minimum Gasteiger partial charge on any atom is -0.481 e. The molecule has 2 N–H and O–H groups in total. The van der Waals surface area contributed by atoms with Crippen LogP contribution in [0.25, 0.3) is 0 Å². The fraction of sp³-hybridized carbons (Fsp3) is 0.200. The van der Waals surface area contributed by atoms with Crippen molar-refractivity contribution in [1.29, 1.82) is 0 Å². The molecule has 0 aliphatic rings. The van der Waals surface area contributed by atoms with E-state index in [2.05, 4.69) is 21.2 Å². The first-order valence-electron chi connectivity index (χ1n) is 4.85. The predicted octanol–water partition coefficient (Wildman–Crippen LogP) is 2.16. The number of amides is 1. The molecule has 1 amide bonds. The number of aliphatic carboxylic acids is 1. The number of hydrogen-bond donors (Lipinski definition) is 2. The lowest BCUT2D eigenvalue weighted by atomic mass is 10.2. The predicted molar refractivity (Wildman–Crippen MR) is 66.3 cm³/mol. The van der Waals surface area contributed by atoms with Crippen molar-refractivity contribution in [2.24, 2.45) is 0 Å². The van der Waals surface area contributed by atoms with Gasteiger partial charge >= 0.3 is 5.97 Å². The number of benzene rings is 1. The van der Waals surface area contributed by atoms with Gasteiger partial charge in [0.2, 0.25) is 5.91 Å². The van der Waals surface area contributed by atoms with E-state index in [1.54, 1.807) is 6.07 Å². The van der Waals surface area contributed by atoms with Gasteiger partial charge in [-0.3, -0.25) is 19.7 Å². The molecular formula is C10H9BrN2O5. The Morgan fingerprint density at radius 3 is 2.61 bits per heavy atom. The Labute approximate surface area is 110 Å². The standard InChI is InChI=1S/C10H9BrN2O5/c11-6-1-2-7(8(5-6)13(17)18)12-9(14)3-4-10(15)16/h1-2,5H,3-4H2,(H,12,14)(H,15,16). The molecule has 0 fully saturated rings. The minimum absolute atomic E-state index is 0.0404. The number of hydrogen-bond acceptors (Lipinski definition) is 4. The first-order valence-corrected chi connectivity index (χ1v) is 5.65. The summed E-state index contributed by atoms with van der Waals surface area (Å²) in [6, 6.07) is 4.17. The zero-order valence-corrected chi connectivity index (χ0v) is 10.6. The lowest BCUT2D eigenvalue weighted by Crippen LogP contribution is -2.14. The molecule has 0 aliphatic carbocycles. The highest BCUT2D eigenvalue weighted by molar-refractivity contribution is 9.10. The topological polar surface area (TPSA) is 110 Å². The highest BCUT2D eigenvalue weighted by atomic mass is 79.9. The van der Waals surface area contributed by atoms with Gasteiger partial charge in [-0.15, -0.1) is 0 Å². The number of anilines is 1. The number of carbonyl (C=O) groups excluding carboxylic acids is 1. The van der Waals surface area contributed by atoms with Crippen LogP contribution in [0.3, 0.4) is 0 Å².